The summed E-state index contributed by atoms with van der Waals surface area (Å²) in [5.41, 5.74) is 7.65. The third-order valence-corrected chi connectivity index (χ3v) is 16.5. The van der Waals surface area contributed by atoms with Crippen molar-refractivity contribution in [3.8, 4) is 28.0 Å². The first-order chi connectivity index (χ1) is 40.6. The predicted molar refractivity (Wildman–Crippen MR) is 322 cm³/mol. The fourth-order valence-corrected chi connectivity index (χ4v) is 11.9. The van der Waals surface area contributed by atoms with Crippen molar-refractivity contribution in [1.29, 1.82) is 0 Å². The number of nitrogens with zero attached hydrogens (tertiary/aromatic N) is 9. The van der Waals surface area contributed by atoms with Gasteiger partial charge in [0.25, 0.3) is 0 Å². The van der Waals surface area contributed by atoms with E-state index in [-0.39, 0.29) is 36.2 Å². The molecular weight excluding hydrogens is 1110 g/mol. The van der Waals surface area contributed by atoms with Gasteiger partial charge in [-0.25, -0.2) is 23.8 Å². The minimum absolute atomic E-state index is 0.117. The van der Waals surface area contributed by atoms with Gasteiger partial charge >= 0.3 is 6.03 Å². The lowest BCUT2D eigenvalue weighted by atomic mass is 9.54. The van der Waals surface area contributed by atoms with Crippen LogP contribution in [0.3, 0.4) is 0 Å². The molecular formula is C64H69Cl2FN10O7. The molecule has 1 fully saturated rings. The zero-order chi connectivity index (χ0) is 58.6. The molecule has 17 nitrogen and oxygen atoms in total. The average molecular weight is 1180 g/mol. The number of rotatable bonds is 23. The number of fused-ring (bicyclic) bond motifs is 5. The summed E-state index contributed by atoms with van der Waals surface area (Å²) >= 11 is 13.2. The normalized spacial score (nSPS) is 17.8. The van der Waals surface area contributed by atoms with Crippen molar-refractivity contribution in [1.82, 2.24) is 44.2 Å². The maximum atomic E-state index is 15.3. The number of aliphatic imine (C=N–C) groups is 1. The fourth-order valence-electron chi connectivity index (χ4n) is 11.6. The Bertz CT molecular complexity index is 3680. The van der Waals surface area contributed by atoms with Crippen LogP contribution in [-0.4, -0.2) is 154 Å². The lowest BCUT2D eigenvalue weighted by molar-refractivity contribution is -0.00515. The second-order valence-electron chi connectivity index (χ2n) is 22.4. The van der Waals surface area contributed by atoms with Gasteiger partial charge in [0.2, 0.25) is 5.91 Å². The van der Waals surface area contributed by atoms with Gasteiger partial charge in [-0.2, -0.15) is 10.2 Å². The van der Waals surface area contributed by atoms with Gasteiger partial charge in [0, 0.05) is 95.2 Å². The van der Waals surface area contributed by atoms with Crippen LogP contribution in [0, 0.1) is 5.82 Å². The van der Waals surface area contributed by atoms with Gasteiger partial charge in [-0.1, -0.05) is 80.4 Å². The zero-order valence-electron chi connectivity index (χ0n) is 48.0. The van der Waals surface area contributed by atoms with E-state index in [1.165, 1.54) is 16.8 Å². The Hall–Kier alpha value is -7.29. The number of amides is 2. The summed E-state index contributed by atoms with van der Waals surface area (Å²) in [5, 5.41) is 10.9. The number of H-pyrrole nitrogens is 1. The average Bonchev–Trinajstić information content (AvgIpc) is 1.43. The number of aromatic amines is 1. The van der Waals surface area contributed by atoms with E-state index in [9.17, 15) is 9.18 Å². The van der Waals surface area contributed by atoms with E-state index in [0.717, 1.165) is 67.6 Å². The molecule has 0 saturated carbocycles. The molecule has 1 saturated heterocycles. The highest BCUT2D eigenvalue weighted by Crippen LogP contribution is 2.66. The number of hydrogen-bond donors (Lipinski definition) is 1. The van der Waals surface area contributed by atoms with Crippen molar-refractivity contribution in [3.05, 3.63) is 177 Å². The van der Waals surface area contributed by atoms with Crippen LogP contribution < -0.4 is 4.74 Å². The second kappa shape index (κ2) is 25.1. The van der Waals surface area contributed by atoms with Gasteiger partial charge in [0.15, 0.2) is 0 Å². The number of ether oxygens (including phenoxy) is 5. The Morgan fingerprint density at radius 3 is 2.17 bits per heavy atom. The SMILES string of the molecule is CCOc1cc(C(C)(C)C)ccc1C1=N[C@@]2(c3ccc(Cl)cc3)c3cc(Cl)ccc3[C@]2(C)N1C(=O)N1CCN(CCOCCOCCOCCOCCC(=O)n2cc(-c3cnc4[nH]cc(-c5cnn(Cc6cccc(F)c6)c5)c4c3)cn2)CC1. The van der Waals surface area contributed by atoms with Crippen molar-refractivity contribution in [2.45, 2.75) is 64.1 Å². The smallest absolute Gasteiger partial charge is 0.326 e. The number of nitrogens with one attached hydrogen (secondary N) is 1. The van der Waals surface area contributed by atoms with Gasteiger partial charge in [-0.05, 0) is 102 Å². The molecule has 11 rings (SSSR count). The molecule has 6 heterocycles. The quantitative estimate of drug-likeness (QED) is 0.0606. The number of carbonyl (C=O) groups excluding carboxylic acids is 2. The van der Waals surface area contributed by atoms with Gasteiger partial charge in [0.1, 0.15) is 34.1 Å². The molecule has 0 radical (unpaired) electrons. The van der Waals surface area contributed by atoms with E-state index in [0.29, 0.717) is 113 Å². The molecule has 0 bridgehead atoms. The molecule has 2 atom stereocenters. The van der Waals surface area contributed by atoms with Crippen LogP contribution >= 0.6 is 23.2 Å². The third kappa shape index (κ3) is 11.9. The molecule has 3 aliphatic rings. The van der Waals surface area contributed by atoms with Gasteiger partial charge in [-0.3, -0.25) is 19.3 Å². The highest BCUT2D eigenvalue weighted by Gasteiger charge is 2.71. The Morgan fingerprint density at radius 1 is 0.726 bits per heavy atom. The van der Waals surface area contributed by atoms with E-state index in [2.05, 4.69) is 71.0 Å². The Labute approximate surface area is 498 Å². The minimum Gasteiger partial charge on any atom is -0.493 e. The number of urea groups is 1. The van der Waals surface area contributed by atoms with Gasteiger partial charge in [0.05, 0.1) is 90.4 Å². The number of pyridine rings is 1. The lowest BCUT2D eigenvalue weighted by Gasteiger charge is -2.56. The Morgan fingerprint density at radius 2 is 1.44 bits per heavy atom. The van der Waals surface area contributed by atoms with Crippen LogP contribution in [0.5, 0.6) is 5.75 Å². The molecule has 2 aliphatic heterocycles. The molecule has 4 aromatic carbocycles. The highest BCUT2D eigenvalue weighted by molar-refractivity contribution is 6.31. The van der Waals surface area contributed by atoms with Crippen LogP contribution in [0.1, 0.15) is 79.2 Å². The standard InChI is InChI=1S/C64H69Cl2FN10O7/c1-6-84-57-34-48(62(2,3)4)12-16-52(57)60-72-64(47-10-13-49(65)14-11-47)56-35-50(66)15-17-55(56)63(64,5)77(60)61(79)74-21-19-73(20-22-74)23-25-81-27-29-83-31-30-82-28-26-80-24-18-58(78)76-42-45(37-71-76)44-33-53-54(39-69-59(53)68-36-44)46-38-70-75(41-46)40-43-8-7-9-51(67)32-43/h7-17,32-39,41-42H,6,18-31,40H2,1-5H3,(H,68,69)/t63-,64-/m0/s1. The molecule has 0 spiro atoms. The first-order valence-electron chi connectivity index (χ1n) is 28.5. The van der Waals surface area contributed by atoms with Crippen molar-refractivity contribution in [2.75, 3.05) is 92.2 Å². The van der Waals surface area contributed by atoms with Crippen molar-refractivity contribution >= 4 is 52.0 Å². The van der Waals surface area contributed by atoms with Gasteiger partial charge < -0.3 is 33.6 Å². The summed E-state index contributed by atoms with van der Waals surface area (Å²) in [6.07, 6.45) is 10.8. The summed E-state index contributed by atoms with van der Waals surface area (Å²) in [5.74, 6) is 0.751. The van der Waals surface area contributed by atoms with Crippen LogP contribution in [0.15, 0.2) is 133 Å². The van der Waals surface area contributed by atoms with E-state index in [4.69, 9.17) is 51.9 Å². The summed E-state index contributed by atoms with van der Waals surface area (Å²) < 4.78 is 46.3. The molecule has 2 amide bonds. The predicted octanol–water partition coefficient (Wildman–Crippen LogP) is 11.2. The summed E-state index contributed by atoms with van der Waals surface area (Å²) in [6, 6.07) is 28.3. The minimum atomic E-state index is -0.959. The largest absolute Gasteiger partial charge is 0.493 e. The third-order valence-electron chi connectivity index (χ3n) is 16.0. The number of amidine groups is 1. The first kappa shape index (κ1) is 58.5. The number of hydrogen-bond acceptors (Lipinski definition) is 12. The van der Waals surface area contributed by atoms with Crippen molar-refractivity contribution < 1.29 is 37.7 Å². The molecule has 4 aromatic heterocycles. The zero-order valence-corrected chi connectivity index (χ0v) is 49.5. The van der Waals surface area contributed by atoms with E-state index < -0.39 is 11.1 Å². The lowest BCUT2D eigenvalue weighted by Crippen LogP contribution is -2.66. The molecule has 84 heavy (non-hydrogen) atoms. The number of piperazine rings is 1. The monoisotopic (exact) mass is 1180 g/mol. The second-order valence-corrected chi connectivity index (χ2v) is 23.3. The summed E-state index contributed by atoms with van der Waals surface area (Å²) in [7, 11) is 0. The fraction of sp³-hybridized carbons (Fsp3) is 0.375. The Balaban J connectivity index is 0.590. The van der Waals surface area contributed by atoms with Crippen LogP contribution in [0.2, 0.25) is 10.0 Å². The highest BCUT2D eigenvalue weighted by atomic mass is 35.5. The molecule has 0 unspecified atom stereocenters. The van der Waals surface area contributed by atoms with E-state index in [1.54, 1.807) is 35.5 Å². The molecule has 8 aromatic rings. The molecule has 438 valence electrons. The van der Waals surface area contributed by atoms with Gasteiger partial charge in [-0.15, -0.1) is 0 Å². The summed E-state index contributed by atoms with van der Waals surface area (Å²) in [6.45, 7) is 17.8. The summed E-state index contributed by atoms with van der Waals surface area (Å²) in [4.78, 5) is 48.0. The van der Waals surface area contributed by atoms with Crippen LogP contribution in [-0.2, 0) is 42.0 Å². The number of aromatic nitrogens is 6. The molecule has 20 heteroatoms. The number of halogens is 3. The maximum absolute atomic E-state index is 15.3. The van der Waals surface area contributed by atoms with Crippen LogP contribution in [0.4, 0.5) is 9.18 Å². The van der Waals surface area contributed by atoms with Crippen LogP contribution in [0.25, 0.3) is 33.3 Å². The van der Waals surface area contributed by atoms with E-state index in [1.807, 2.05) is 83.7 Å². The maximum Gasteiger partial charge on any atom is 0.326 e. The Kier molecular flexibility index (Phi) is 17.5. The number of benzene rings is 4. The molecule has 1 N–H and O–H groups in total. The first-order valence-corrected chi connectivity index (χ1v) is 29.3. The number of carbonyl (C=O) groups is 2. The van der Waals surface area contributed by atoms with E-state index >= 15 is 4.79 Å². The topological polar surface area (TPSA) is 167 Å². The van der Waals surface area contributed by atoms with Crippen molar-refractivity contribution in [2.24, 2.45) is 4.99 Å². The molecule has 1 aliphatic carbocycles. The van der Waals surface area contributed by atoms with Crippen molar-refractivity contribution in [3.63, 3.8) is 0 Å².